The van der Waals surface area contributed by atoms with E-state index in [0.29, 0.717) is 5.76 Å². The highest BCUT2D eigenvalue weighted by Crippen LogP contribution is 2.22. The quantitative estimate of drug-likeness (QED) is 0.872. The van der Waals surface area contributed by atoms with Gasteiger partial charge in [0.2, 0.25) is 15.8 Å². The summed E-state index contributed by atoms with van der Waals surface area (Å²) in [5, 5.41) is 8.80. The van der Waals surface area contributed by atoms with Gasteiger partial charge in [-0.1, -0.05) is 0 Å². The molecule has 20 heavy (non-hydrogen) atoms. The Morgan fingerprint density at radius 3 is 2.65 bits per heavy atom. The molecular formula is C12H13NO6S. The minimum Gasteiger partial charge on any atom is -0.475 e. The van der Waals surface area contributed by atoms with Crippen LogP contribution in [-0.4, -0.2) is 19.5 Å². The van der Waals surface area contributed by atoms with E-state index in [0.717, 1.165) is 6.07 Å². The van der Waals surface area contributed by atoms with Gasteiger partial charge in [-0.25, -0.2) is 17.9 Å². The molecule has 0 aliphatic carbocycles. The molecule has 2 heterocycles. The summed E-state index contributed by atoms with van der Waals surface area (Å²) >= 11 is 0. The summed E-state index contributed by atoms with van der Waals surface area (Å²) in [5.41, 5.74) is 0. The Labute approximate surface area is 115 Å². The summed E-state index contributed by atoms with van der Waals surface area (Å²) in [5.74, 6) is -1.28. The molecule has 2 aromatic rings. The smallest absolute Gasteiger partial charge is 0.371 e. The lowest BCUT2D eigenvalue weighted by molar-refractivity contribution is 0.0661. The molecule has 0 fully saturated rings. The number of hydrogen-bond donors (Lipinski definition) is 2. The molecule has 0 amide bonds. The number of furan rings is 2. The molecule has 7 nitrogen and oxygen atoms in total. The predicted molar refractivity (Wildman–Crippen MR) is 67.8 cm³/mol. The molecule has 0 bridgehead atoms. The first kappa shape index (κ1) is 14.4. The lowest BCUT2D eigenvalue weighted by atomic mass is 10.3. The van der Waals surface area contributed by atoms with E-state index in [-0.39, 0.29) is 10.7 Å². The van der Waals surface area contributed by atoms with Crippen LogP contribution >= 0.6 is 0 Å². The Hall–Kier alpha value is -2.06. The zero-order valence-electron chi connectivity index (χ0n) is 10.8. The fourth-order valence-corrected chi connectivity index (χ4v) is 3.12. The molecular weight excluding hydrogens is 286 g/mol. The van der Waals surface area contributed by atoms with Crippen LogP contribution in [0.3, 0.4) is 0 Å². The summed E-state index contributed by atoms with van der Waals surface area (Å²) in [7, 11) is -3.90. The van der Waals surface area contributed by atoms with E-state index < -0.39 is 27.8 Å². The van der Waals surface area contributed by atoms with Crippen molar-refractivity contribution in [1.82, 2.24) is 4.72 Å². The molecule has 0 aliphatic rings. The molecule has 0 unspecified atom stereocenters. The summed E-state index contributed by atoms with van der Waals surface area (Å²) in [6, 6.07) is 3.68. The third kappa shape index (κ3) is 2.75. The third-order valence-electron chi connectivity index (χ3n) is 2.67. The van der Waals surface area contributed by atoms with E-state index >= 15 is 0 Å². The van der Waals surface area contributed by atoms with E-state index in [4.69, 9.17) is 13.9 Å². The molecule has 2 N–H and O–H groups in total. The highest BCUT2D eigenvalue weighted by Gasteiger charge is 2.26. The first-order chi connectivity index (χ1) is 9.31. The number of nitrogens with one attached hydrogen (secondary N) is 1. The summed E-state index contributed by atoms with van der Waals surface area (Å²) in [6.45, 7) is 3.00. The second-order valence-corrected chi connectivity index (χ2v) is 5.88. The number of sulfonamides is 1. The Morgan fingerprint density at radius 2 is 2.15 bits per heavy atom. The molecule has 0 radical (unpaired) electrons. The van der Waals surface area contributed by atoms with Crippen molar-refractivity contribution < 1.29 is 27.2 Å². The molecule has 1 atom stereocenters. The fraction of sp³-hybridized carbons (Fsp3) is 0.250. The average molecular weight is 299 g/mol. The van der Waals surface area contributed by atoms with Crippen LogP contribution in [-0.2, 0) is 10.0 Å². The van der Waals surface area contributed by atoms with Gasteiger partial charge < -0.3 is 13.9 Å². The average Bonchev–Trinajstić information content (AvgIpc) is 2.96. The molecule has 0 spiro atoms. The van der Waals surface area contributed by atoms with Crippen LogP contribution in [0.25, 0.3) is 0 Å². The van der Waals surface area contributed by atoms with Crippen LogP contribution in [0.1, 0.15) is 35.0 Å². The summed E-state index contributed by atoms with van der Waals surface area (Å²) < 4.78 is 36.8. The summed E-state index contributed by atoms with van der Waals surface area (Å²) in [6.07, 6.45) is 1.44. The number of hydrogen-bond acceptors (Lipinski definition) is 5. The van der Waals surface area contributed by atoms with E-state index in [1.54, 1.807) is 19.1 Å². The van der Waals surface area contributed by atoms with Crippen LogP contribution in [0.15, 0.2) is 38.2 Å². The van der Waals surface area contributed by atoms with Gasteiger partial charge in [0, 0.05) is 6.07 Å². The van der Waals surface area contributed by atoms with Gasteiger partial charge >= 0.3 is 5.97 Å². The molecule has 0 aliphatic heterocycles. The zero-order valence-corrected chi connectivity index (χ0v) is 11.6. The van der Waals surface area contributed by atoms with Crippen molar-refractivity contribution in [2.75, 3.05) is 0 Å². The standard InChI is InChI=1S/C12H13NO6S/c1-7(9-4-3-5-18-9)13-20(16,17)11-6-10(12(14)15)19-8(11)2/h3-7,13H,1-2H3,(H,14,15)/t7-/m0/s1. The lowest BCUT2D eigenvalue weighted by Crippen LogP contribution is -2.26. The van der Waals surface area contributed by atoms with E-state index in [9.17, 15) is 13.2 Å². The Bertz CT molecular complexity index is 713. The van der Waals surface area contributed by atoms with Gasteiger partial charge in [0.05, 0.1) is 12.3 Å². The number of carboxylic acids is 1. The van der Waals surface area contributed by atoms with Crippen LogP contribution in [0.4, 0.5) is 0 Å². The SMILES string of the molecule is Cc1oc(C(=O)O)cc1S(=O)(=O)N[C@@H](C)c1ccco1. The van der Waals surface area contributed by atoms with Crippen molar-refractivity contribution >= 4 is 16.0 Å². The van der Waals surface area contributed by atoms with Gasteiger partial charge in [-0.2, -0.15) is 0 Å². The number of rotatable bonds is 5. The summed E-state index contributed by atoms with van der Waals surface area (Å²) in [4.78, 5) is 10.6. The number of aromatic carboxylic acids is 1. The van der Waals surface area contributed by atoms with E-state index in [1.807, 2.05) is 0 Å². The number of carboxylic acid groups (broad SMARTS) is 1. The molecule has 0 saturated heterocycles. The van der Waals surface area contributed by atoms with Gasteiger partial charge in [-0.05, 0) is 26.0 Å². The first-order valence-corrected chi connectivity index (χ1v) is 7.19. The van der Waals surface area contributed by atoms with Gasteiger partial charge in [-0.15, -0.1) is 0 Å². The second kappa shape index (κ2) is 5.14. The maximum atomic E-state index is 12.2. The topological polar surface area (TPSA) is 110 Å². The minimum absolute atomic E-state index is 0.0153. The molecule has 2 rings (SSSR count). The zero-order chi connectivity index (χ0) is 14.9. The van der Waals surface area contributed by atoms with Gasteiger partial charge in [0.15, 0.2) is 0 Å². The van der Waals surface area contributed by atoms with Crippen molar-refractivity contribution in [3.8, 4) is 0 Å². The van der Waals surface area contributed by atoms with Crippen LogP contribution in [0, 0.1) is 6.92 Å². The number of carbonyl (C=O) groups is 1. The highest BCUT2D eigenvalue weighted by atomic mass is 32.2. The van der Waals surface area contributed by atoms with Crippen molar-refractivity contribution in [3.63, 3.8) is 0 Å². The third-order valence-corrected chi connectivity index (χ3v) is 4.32. The van der Waals surface area contributed by atoms with Gasteiger partial charge in [-0.3, -0.25) is 0 Å². The molecule has 108 valence electrons. The Balaban J connectivity index is 2.29. The van der Waals surface area contributed by atoms with Crippen molar-refractivity contribution in [3.05, 3.63) is 41.7 Å². The molecule has 0 aromatic carbocycles. The Morgan fingerprint density at radius 1 is 1.45 bits per heavy atom. The van der Waals surface area contributed by atoms with Crippen molar-refractivity contribution in [2.45, 2.75) is 24.8 Å². The Kier molecular flexibility index (Phi) is 3.69. The van der Waals surface area contributed by atoms with Gasteiger partial charge in [0.1, 0.15) is 16.4 Å². The normalized spacial score (nSPS) is 13.3. The first-order valence-electron chi connectivity index (χ1n) is 5.70. The van der Waals surface area contributed by atoms with Crippen LogP contribution < -0.4 is 4.72 Å². The largest absolute Gasteiger partial charge is 0.475 e. The highest BCUT2D eigenvalue weighted by molar-refractivity contribution is 7.89. The second-order valence-electron chi connectivity index (χ2n) is 4.19. The van der Waals surface area contributed by atoms with Crippen molar-refractivity contribution in [1.29, 1.82) is 0 Å². The van der Waals surface area contributed by atoms with E-state index in [1.165, 1.54) is 13.2 Å². The maximum Gasteiger partial charge on any atom is 0.371 e. The predicted octanol–water partition coefficient (Wildman–Crippen LogP) is 1.92. The lowest BCUT2D eigenvalue weighted by Gasteiger charge is -2.11. The molecule has 2 aromatic heterocycles. The van der Waals surface area contributed by atoms with Crippen LogP contribution in [0.2, 0.25) is 0 Å². The van der Waals surface area contributed by atoms with Crippen LogP contribution in [0.5, 0.6) is 0 Å². The maximum absolute atomic E-state index is 12.2. The molecule has 0 saturated carbocycles. The fourth-order valence-electron chi connectivity index (χ4n) is 1.73. The monoisotopic (exact) mass is 299 g/mol. The van der Waals surface area contributed by atoms with E-state index in [2.05, 4.69) is 4.72 Å². The number of aryl methyl sites for hydroxylation is 1. The molecule has 8 heteroatoms. The van der Waals surface area contributed by atoms with Gasteiger partial charge in [0.25, 0.3) is 0 Å². The minimum atomic E-state index is -3.90. The van der Waals surface area contributed by atoms with Crippen molar-refractivity contribution in [2.24, 2.45) is 0 Å².